The van der Waals surface area contributed by atoms with Gasteiger partial charge in [0.05, 0.1) is 12.7 Å². The van der Waals surface area contributed by atoms with Gasteiger partial charge in [-0.15, -0.1) is 0 Å². The minimum atomic E-state index is -0.375. The Labute approximate surface area is 120 Å². The Kier molecular flexibility index (Phi) is 4.21. The number of methoxy groups -OCH3 is 1. The highest BCUT2D eigenvalue weighted by molar-refractivity contribution is 5.96. The number of carbonyl (C=O) groups is 1. The number of rotatable bonds is 3. The minimum absolute atomic E-state index is 0.375. The van der Waals surface area contributed by atoms with E-state index in [2.05, 4.69) is 18.7 Å². The SMILES string of the molecule is CCC1(C)CCN(c2ccc(N)c(C(=O)OC)c2)CC1. The van der Waals surface area contributed by atoms with Crippen molar-refractivity contribution in [2.45, 2.75) is 33.1 Å². The van der Waals surface area contributed by atoms with Crippen molar-refractivity contribution >= 4 is 17.3 Å². The van der Waals surface area contributed by atoms with E-state index in [9.17, 15) is 4.79 Å². The van der Waals surface area contributed by atoms with Crippen molar-refractivity contribution in [1.29, 1.82) is 0 Å². The van der Waals surface area contributed by atoms with Gasteiger partial charge < -0.3 is 15.4 Å². The van der Waals surface area contributed by atoms with E-state index in [1.165, 1.54) is 26.4 Å². The van der Waals surface area contributed by atoms with Gasteiger partial charge in [-0.3, -0.25) is 0 Å². The number of piperidine rings is 1. The summed E-state index contributed by atoms with van der Waals surface area (Å²) in [6.45, 7) is 6.66. The average molecular weight is 276 g/mol. The van der Waals surface area contributed by atoms with Gasteiger partial charge in [-0.2, -0.15) is 0 Å². The molecule has 0 amide bonds. The van der Waals surface area contributed by atoms with Crippen LogP contribution in [-0.4, -0.2) is 26.2 Å². The Balaban J connectivity index is 2.17. The minimum Gasteiger partial charge on any atom is -0.465 e. The van der Waals surface area contributed by atoms with E-state index in [0.29, 0.717) is 16.7 Å². The number of benzene rings is 1. The third-order valence-electron chi connectivity index (χ3n) is 4.63. The molecular formula is C16H24N2O2. The van der Waals surface area contributed by atoms with Crippen LogP contribution in [0.15, 0.2) is 18.2 Å². The lowest BCUT2D eigenvalue weighted by molar-refractivity contribution is 0.0602. The smallest absolute Gasteiger partial charge is 0.340 e. The van der Waals surface area contributed by atoms with Crippen molar-refractivity contribution in [3.05, 3.63) is 23.8 Å². The van der Waals surface area contributed by atoms with Crippen LogP contribution in [0.2, 0.25) is 0 Å². The molecule has 0 radical (unpaired) electrons. The second kappa shape index (κ2) is 5.73. The highest BCUT2D eigenvalue weighted by Gasteiger charge is 2.28. The molecule has 0 spiro atoms. The van der Waals surface area contributed by atoms with Crippen molar-refractivity contribution in [2.75, 3.05) is 30.8 Å². The highest BCUT2D eigenvalue weighted by atomic mass is 16.5. The van der Waals surface area contributed by atoms with E-state index in [1.807, 2.05) is 12.1 Å². The summed E-state index contributed by atoms with van der Waals surface area (Å²) in [6.07, 6.45) is 3.58. The normalized spacial score (nSPS) is 17.9. The average Bonchev–Trinajstić information content (AvgIpc) is 2.48. The molecule has 110 valence electrons. The maximum absolute atomic E-state index is 11.7. The fourth-order valence-corrected chi connectivity index (χ4v) is 2.69. The topological polar surface area (TPSA) is 55.6 Å². The zero-order valence-corrected chi connectivity index (χ0v) is 12.6. The number of hydrogen-bond acceptors (Lipinski definition) is 4. The van der Waals surface area contributed by atoms with E-state index in [1.54, 1.807) is 6.07 Å². The zero-order chi connectivity index (χ0) is 14.8. The van der Waals surface area contributed by atoms with Crippen LogP contribution < -0.4 is 10.6 Å². The van der Waals surface area contributed by atoms with Crippen molar-refractivity contribution < 1.29 is 9.53 Å². The van der Waals surface area contributed by atoms with Crippen LogP contribution in [0, 0.1) is 5.41 Å². The summed E-state index contributed by atoms with van der Waals surface area (Å²) in [5, 5.41) is 0. The van der Waals surface area contributed by atoms with Gasteiger partial charge in [-0.1, -0.05) is 20.3 Å². The van der Waals surface area contributed by atoms with Gasteiger partial charge in [0.2, 0.25) is 0 Å². The van der Waals surface area contributed by atoms with E-state index in [4.69, 9.17) is 10.5 Å². The Morgan fingerprint density at radius 2 is 2.05 bits per heavy atom. The molecule has 1 fully saturated rings. The van der Waals surface area contributed by atoms with Crippen LogP contribution >= 0.6 is 0 Å². The Bertz CT molecular complexity index is 491. The first-order valence-electron chi connectivity index (χ1n) is 7.22. The lowest BCUT2D eigenvalue weighted by Gasteiger charge is -2.40. The molecule has 1 heterocycles. The number of anilines is 2. The van der Waals surface area contributed by atoms with Crippen LogP contribution in [0.3, 0.4) is 0 Å². The Morgan fingerprint density at radius 3 is 2.60 bits per heavy atom. The molecule has 2 rings (SSSR count). The molecule has 0 unspecified atom stereocenters. The molecule has 0 atom stereocenters. The van der Waals surface area contributed by atoms with Crippen LogP contribution in [0.1, 0.15) is 43.5 Å². The highest BCUT2D eigenvalue weighted by Crippen LogP contribution is 2.36. The molecule has 1 saturated heterocycles. The third-order valence-corrected chi connectivity index (χ3v) is 4.63. The number of esters is 1. The van der Waals surface area contributed by atoms with E-state index >= 15 is 0 Å². The standard InChI is InChI=1S/C16H24N2O2/c1-4-16(2)7-9-18(10-8-16)12-5-6-14(17)13(11-12)15(19)20-3/h5-6,11H,4,7-10,17H2,1-3H3. The number of nitrogen functional groups attached to an aromatic ring is 1. The van der Waals surface area contributed by atoms with Crippen molar-refractivity contribution in [1.82, 2.24) is 0 Å². The number of ether oxygens (including phenoxy) is 1. The monoisotopic (exact) mass is 276 g/mol. The number of carbonyl (C=O) groups excluding carboxylic acids is 1. The number of nitrogens with two attached hydrogens (primary N) is 1. The second-order valence-corrected chi connectivity index (χ2v) is 5.91. The Morgan fingerprint density at radius 1 is 1.40 bits per heavy atom. The first kappa shape index (κ1) is 14.7. The first-order chi connectivity index (χ1) is 9.49. The zero-order valence-electron chi connectivity index (χ0n) is 12.6. The summed E-state index contributed by atoms with van der Waals surface area (Å²) < 4.78 is 4.77. The van der Waals surface area contributed by atoms with Crippen molar-refractivity contribution in [3.63, 3.8) is 0 Å². The second-order valence-electron chi connectivity index (χ2n) is 5.91. The largest absolute Gasteiger partial charge is 0.465 e. The molecule has 0 saturated carbocycles. The summed E-state index contributed by atoms with van der Waals surface area (Å²) in [5.74, 6) is -0.375. The quantitative estimate of drug-likeness (QED) is 0.681. The van der Waals surface area contributed by atoms with Gasteiger partial charge in [0.25, 0.3) is 0 Å². The van der Waals surface area contributed by atoms with Crippen molar-refractivity contribution in [3.8, 4) is 0 Å². The van der Waals surface area contributed by atoms with Gasteiger partial charge in [-0.25, -0.2) is 4.79 Å². The molecule has 1 aliphatic heterocycles. The molecule has 2 N–H and O–H groups in total. The van der Waals surface area contributed by atoms with Gasteiger partial charge in [0.15, 0.2) is 0 Å². The van der Waals surface area contributed by atoms with Gasteiger partial charge in [0, 0.05) is 24.5 Å². The molecule has 0 aliphatic carbocycles. The van der Waals surface area contributed by atoms with E-state index in [-0.39, 0.29) is 5.97 Å². The van der Waals surface area contributed by atoms with E-state index < -0.39 is 0 Å². The molecule has 1 aliphatic rings. The van der Waals surface area contributed by atoms with Crippen LogP contribution in [0.5, 0.6) is 0 Å². The lowest BCUT2D eigenvalue weighted by atomic mass is 9.78. The molecule has 4 heteroatoms. The molecule has 0 aromatic heterocycles. The summed E-state index contributed by atoms with van der Waals surface area (Å²) in [7, 11) is 1.38. The van der Waals surface area contributed by atoms with Gasteiger partial charge in [0.1, 0.15) is 0 Å². The number of hydrogen-bond donors (Lipinski definition) is 1. The summed E-state index contributed by atoms with van der Waals surface area (Å²) in [5.41, 5.74) is 8.27. The maximum Gasteiger partial charge on any atom is 0.340 e. The predicted molar refractivity (Wildman–Crippen MR) is 82.0 cm³/mol. The van der Waals surface area contributed by atoms with Crippen molar-refractivity contribution in [2.24, 2.45) is 5.41 Å². The molecule has 0 bridgehead atoms. The number of nitrogens with zero attached hydrogens (tertiary/aromatic N) is 1. The summed E-state index contributed by atoms with van der Waals surface area (Å²) in [4.78, 5) is 14.0. The summed E-state index contributed by atoms with van der Waals surface area (Å²) in [6, 6.07) is 5.61. The fourth-order valence-electron chi connectivity index (χ4n) is 2.69. The first-order valence-corrected chi connectivity index (χ1v) is 7.22. The molecule has 1 aromatic rings. The predicted octanol–water partition coefficient (Wildman–Crippen LogP) is 3.07. The molecule has 20 heavy (non-hydrogen) atoms. The fraction of sp³-hybridized carbons (Fsp3) is 0.562. The third kappa shape index (κ3) is 2.89. The van der Waals surface area contributed by atoms with Crippen LogP contribution in [0.25, 0.3) is 0 Å². The molecular weight excluding hydrogens is 252 g/mol. The van der Waals surface area contributed by atoms with Gasteiger partial charge >= 0.3 is 5.97 Å². The van der Waals surface area contributed by atoms with Crippen LogP contribution in [0.4, 0.5) is 11.4 Å². The Hall–Kier alpha value is -1.71. The maximum atomic E-state index is 11.7. The van der Waals surface area contributed by atoms with Gasteiger partial charge in [-0.05, 0) is 36.5 Å². The molecule has 4 nitrogen and oxygen atoms in total. The lowest BCUT2D eigenvalue weighted by Crippen LogP contribution is -2.38. The van der Waals surface area contributed by atoms with Crippen LogP contribution in [-0.2, 0) is 4.74 Å². The molecule has 1 aromatic carbocycles. The van der Waals surface area contributed by atoms with E-state index in [0.717, 1.165) is 18.8 Å². The summed E-state index contributed by atoms with van der Waals surface area (Å²) >= 11 is 0.